The lowest BCUT2D eigenvalue weighted by atomic mass is 9.76. The van der Waals surface area contributed by atoms with Crippen molar-refractivity contribution in [3.63, 3.8) is 0 Å². The highest BCUT2D eigenvalue weighted by atomic mass is 16.7. The molecule has 3 atom stereocenters. The van der Waals surface area contributed by atoms with Gasteiger partial charge in [-0.05, 0) is 29.3 Å². The second kappa shape index (κ2) is 5.28. The molecule has 0 bridgehead atoms. The number of likely N-dealkylation sites (N-methyl/N-ethyl adjacent to an activating group) is 1. The zero-order chi connectivity index (χ0) is 19.0. The Hall–Kier alpha value is -2.48. The molecule has 7 nitrogen and oxygen atoms in total. The minimum atomic E-state index is -1.15. The first-order valence-corrected chi connectivity index (χ1v) is 8.95. The van der Waals surface area contributed by atoms with Gasteiger partial charge in [0.25, 0.3) is 0 Å². The summed E-state index contributed by atoms with van der Waals surface area (Å²) in [5.41, 5.74) is 1.92. The van der Waals surface area contributed by atoms with Crippen molar-refractivity contribution in [2.75, 3.05) is 27.5 Å². The van der Waals surface area contributed by atoms with Crippen LogP contribution in [-0.2, 0) is 18.4 Å². The molecule has 1 aliphatic carbocycles. The number of hydrogen-bond acceptors (Lipinski definition) is 6. The Morgan fingerprint density at radius 2 is 2.07 bits per heavy atom. The average Bonchev–Trinajstić information content (AvgIpc) is 3.22. The number of aliphatic hydroxyl groups excluding tert-OH is 1. The van der Waals surface area contributed by atoms with Crippen LogP contribution < -0.4 is 14.2 Å². The van der Waals surface area contributed by atoms with Crippen LogP contribution in [0.1, 0.15) is 28.4 Å². The molecule has 142 valence electrons. The molecule has 2 aliphatic heterocycles. The van der Waals surface area contributed by atoms with Gasteiger partial charge in [-0.3, -0.25) is 0 Å². The van der Waals surface area contributed by atoms with Gasteiger partial charge in [0.1, 0.15) is 6.10 Å². The second-order valence-corrected chi connectivity index (χ2v) is 7.63. The molecule has 2 heterocycles. The number of nitrogens with zero attached hydrogens (tertiary/aromatic N) is 1. The number of phenolic OH excluding ortho intramolecular Hbond substituents is 1. The van der Waals surface area contributed by atoms with E-state index in [1.807, 2.05) is 12.1 Å². The van der Waals surface area contributed by atoms with E-state index < -0.39 is 16.3 Å². The van der Waals surface area contributed by atoms with Gasteiger partial charge in [0.15, 0.2) is 28.5 Å². The summed E-state index contributed by atoms with van der Waals surface area (Å²) < 4.78 is 15.7. The maximum Gasteiger partial charge on any atom is 0.231 e. The highest BCUT2D eigenvalue weighted by molar-refractivity contribution is 5.60. The van der Waals surface area contributed by atoms with Crippen molar-refractivity contribution >= 4 is 0 Å². The predicted octanol–water partition coefficient (Wildman–Crippen LogP) is 2.12. The van der Waals surface area contributed by atoms with Crippen molar-refractivity contribution < 1.29 is 29.1 Å². The Kier molecular flexibility index (Phi) is 3.26. The number of hydrogen-bond donors (Lipinski definition) is 2. The minimum absolute atomic E-state index is 0.0366. The second-order valence-electron chi connectivity index (χ2n) is 7.63. The first kappa shape index (κ1) is 16.7. The lowest BCUT2D eigenvalue weighted by Gasteiger charge is -2.57. The summed E-state index contributed by atoms with van der Waals surface area (Å²) in [5.74, 6) is 1.43. The normalized spacial score (nSPS) is 30.3. The minimum Gasteiger partial charge on any atom is -0.632 e. The molecule has 1 spiro atoms. The van der Waals surface area contributed by atoms with Crippen LogP contribution in [0.3, 0.4) is 0 Å². The molecule has 0 saturated heterocycles. The molecule has 0 amide bonds. The third kappa shape index (κ3) is 1.96. The van der Waals surface area contributed by atoms with Crippen molar-refractivity contribution in [3.05, 3.63) is 51.7 Å². The van der Waals surface area contributed by atoms with E-state index in [1.54, 1.807) is 19.2 Å². The number of methoxy groups -OCH3 is 1. The Balaban J connectivity index is 1.76. The molecule has 0 aromatic heterocycles. The molecular formula is C20H21NO6. The number of aliphatic hydroxyl groups is 1. The van der Waals surface area contributed by atoms with E-state index in [2.05, 4.69) is 0 Å². The predicted molar refractivity (Wildman–Crippen MR) is 95.7 cm³/mol. The standard InChI is InChI=1S/C20H21NO6/c1-21(24)6-5-11-7-16(25-2)14(22)8-13(11)20(21)9-12-3-4-15-18(27-10-26-15)17(12)19(20)23/h3-4,7-8,19,22-23H,5-6,9-10H2,1-2H3/t19-,20+,21-/m1/s1. The summed E-state index contributed by atoms with van der Waals surface area (Å²) in [6.07, 6.45) is -0.161. The summed E-state index contributed by atoms with van der Waals surface area (Å²) >= 11 is 0. The van der Waals surface area contributed by atoms with E-state index >= 15 is 0 Å². The van der Waals surface area contributed by atoms with Gasteiger partial charge < -0.3 is 34.3 Å². The van der Waals surface area contributed by atoms with E-state index in [0.29, 0.717) is 47.8 Å². The SMILES string of the molecule is COc1cc2c(cc1O)[C@]1(Cc3ccc4c(c3[C@H]1O)OCO4)[N@+](C)([O-])CC2. The van der Waals surface area contributed by atoms with Crippen LogP contribution >= 0.6 is 0 Å². The first-order valence-electron chi connectivity index (χ1n) is 8.95. The topological polar surface area (TPSA) is 91.2 Å². The van der Waals surface area contributed by atoms with Gasteiger partial charge in [0, 0.05) is 24.0 Å². The van der Waals surface area contributed by atoms with Crippen LogP contribution in [0.4, 0.5) is 0 Å². The molecule has 7 heteroatoms. The molecule has 2 aromatic rings. The molecule has 3 aliphatic rings. The molecule has 0 radical (unpaired) electrons. The smallest absolute Gasteiger partial charge is 0.231 e. The van der Waals surface area contributed by atoms with Gasteiger partial charge in [-0.15, -0.1) is 0 Å². The number of benzene rings is 2. The fraction of sp³-hybridized carbons (Fsp3) is 0.400. The van der Waals surface area contributed by atoms with Gasteiger partial charge in [-0.1, -0.05) is 6.07 Å². The number of ether oxygens (including phenoxy) is 3. The molecular weight excluding hydrogens is 350 g/mol. The number of aromatic hydroxyl groups is 1. The summed E-state index contributed by atoms with van der Waals surface area (Å²) in [7, 11) is 3.09. The van der Waals surface area contributed by atoms with E-state index in [9.17, 15) is 15.4 Å². The molecule has 27 heavy (non-hydrogen) atoms. The first-order chi connectivity index (χ1) is 12.9. The molecule has 5 rings (SSSR count). The molecule has 2 N–H and O–H groups in total. The van der Waals surface area contributed by atoms with Gasteiger partial charge in [0.2, 0.25) is 6.79 Å². The van der Waals surface area contributed by atoms with E-state index in [0.717, 1.165) is 11.1 Å². The van der Waals surface area contributed by atoms with Gasteiger partial charge in [-0.25, -0.2) is 0 Å². The largest absolute Gasteiger partial charge is 0.632 e. The van der Waals surface area contributed by atoms with E-state index in [1.165, 1.54) is 7.11 Å². The lowest BCUT2D eigenvalue weighted by molar-refractivity contribution is -0.929. The van der Waals surface area contributed by atoms with Crippen LogP contribution in [-0.4, -0.2) is 42.4 Å². The van der Waals surface area contributed by atoms with Gasteiger partial charge in [0.05, 0.1) is 20.7 Å². The number of hydroxylamine groups is 3. The van der Waals surface area contributed by atoms with Crippen LogP contribution in [0.2, 0.25) is 0 Å². The zero-order valence-corrected chi connectivity index (χ0v) is 15.2. The van der Waals surface area contributed by atoms with Crippen LogP contribution in [0.15, 0.2) is 24.3 Å². The van der Waals surface area contributed by atoms with Crippen LogP contribution in [0, 0.1) is 5.21 Å². The van der Waals surface area contributed by atoms with Crippen molar-refractivity contribution in [2.45, 2.75) is 24.5 Å². The fourth-order valence-electron chi connectivity index (χ4n) is 4.95. The summed E-state index contributed by atoms with van der Waals surface area (Å²) in [4.78, 5) is 0. The monoisotopic (exact) mass is 371 g/mol. The third-order valence-electron chi connectivity index (χ3n) is 6.38. The lowest BCUT2D eigenvalue weighted by Crippen LogP contribution is -2.61. The molecule has 0 saturated carbocycles. The quantitative estimate of drug-likeness (QED) is 0.589. The summed E-state index contributed by atoms with van der Waals surface area (Å²) in [6, 6.07) is 7.05. The highest BCUT2D eigenvalue weighted by Crippen LogP contribution is 2.59. The zero-order valence-electron chi connectivity index (χ0n) is 15.2. The maximum atomic E-state index is 13.7. The van der Waals surface area contributed by atoms with Crippen molar-refractivity contribution in [3.8, 4) is 23.0 Å². The van der Waals surface area contributed by atoms with Crippen molar-refractivity contribution in [1.29, 1.82) is 0 Å². The third-order valence-corrected chi connectivity index (χ3v) is 6.38. The summed E-state index contributed by atoms with van der Waals surface area (Å²) in [5, 5.41) is 35.5. The Morgan fingerprint density at radius 1 is 1.26 bits per heavy atom. The maximum absolute atomic E-state index is 13.7. The number of quaternary nitrogens is 1. The van der Waals surface area contributed by atoms with Crippen molar-refractivity contribution in [1.82, 2.24) is 0 Å². The number of fused-ring (bicyclic) bond motifs is 5. The van der Waals surface area contributed by atoms with Crippen LogP contribution in [0.5, 0.6) is 23.0 Å². The molecule has 0 unspecified atom stereocenters. The molecule has 2 aromatic carbocycles. The van der Waals surface area contributed by atoms with Gasteiger partial charge in [-0.2, -0.15) is 0 Å². The Morgan fingerprint density at radius 3 is 2.85 bits per heavy atom. The molecule has 0 fully saturated rings. The highest BCUT2D eigenvalue weighted by Gasteiger charge is 2.60. The van der Waals surface area contributed by atoms with Crippen molar-refractivity contribution in [2.24, 2.45) is 0 Å². The number of rotatable bonds is 1. The Bertz CT molecular complexity index is 956. The average molecular weight is 371 g/mol. The van der Waals surface area contributed by atoms with E-state index in [-0.39, 0.29) is 12.5 Å². The Labute approximate surface area is 156 Å². The number of phenols is 1. The van der Waals surface area contributed by atoms with E-state index in [4.69, 9.17) is 14.2 Å². The fourth-order valence-corrected chi connectivity index (χ4v) is 4.95. The summed E-state index contributed by atoms with van der Waals surface area (Å²) in [6.45, 7) is 0.426. The van der Waals surface area contributed by atoms with Gasteiger partial charge >= 0.3 is 0 Å². The van der Waals surface area contributed by atoms with Crippen LogP contribution in [0.25, 0.3) is 0 Å².